The van der Waals surface area contributed by atoms with Crippen LogP contribution in [0, 0.1) is 11.8 Å². The number of nitrogens with one attached hydrogen (secondary N) is 2. The topological polar surface area (TPSA) is 91.0 Å². The highest BCUT2D eigenvalue weighted by Gasteiger charge is 2.45. The van der Waals surface area contributed by atoms with Gasteiger partial charge in [0.25, 0.3) is 5.91 Å². The predicted molar refractivity (Wildman–Crippen MR) is 128 cm³/mol. The number of ether oxygens (including phenoxy) is 1. The van der Waals surface area contributed by atoms with Gasteiger partial charge in [0.1, 0.15) is 0 Å². The first kappa shape index (κ1) is 22.7. The van der Waals surface area contributed by atoms with Crippen molar-refractivity contribution in [3.05, 3.63) is 58.6 Å². The zero-order valence-corrected chi connectivity index (χ0v) is 19.7. The van der Waals surface area contributed by atoms with Crippen LogP contribution in [0.15, 0.2) is 42.5 Å². The first-order chi connectivity index (χ1) is 16.5. The zero-order valence-electron chi connectivity index (χ0n) is 18.9. The molecule has 2 aromatic carbocycles. The molecule has 178 valence electrons. The summed E-state index contributed by atoms with van der Waals surface area (Å²) >= 11 is 6.00. The molecule has 3 heterocycles. The van der Waals surface area contributed by atoms with E-state index in [9.17, 15) is 14.4 Å². The van der Waals surface area contributed by atoms with Crippen LogP contribution >= 0.6 is 11.6 Å². The van der Waals surface area contributed by atoms with Crippen LogP contribution in [0.5, 0.6) is 0 Å². The molecule has 2 atom stereocenters. The minimum absolute atomic E-state index is 0.0248. The molecule has 3 aliphatic heterocycles. The summed E-state index contributed by atoms with van der Waals surface area (Å²) < 4.78 is 5.12. The second-order valence-electron chi connectivity index (χ2n) is 8.86. The van der Waals surface area contributed by atoms with Crippen molar-refractivity contribution in [1.82, 2.24) is 10.3 Å². The summed E-state index contributed by atoms with van der Waals surface area (Å²) in [5.74, 6) is -0.698. The van der Waals surface area contributed by atoms with Gasteiger partial charge in [0.2, 0.25) is 5.91 Å². The standard InChI is InChI=1S/C25H27ClN4O4/c1-2-34-25(33)15-9-11-29(12-10-15)23(31)16-3-8-21-19(13-16)22-20(14-27-21)24(32)30(28-22)18-6-4-17(26)5-7-18/h3-8,13,15,20,22,27-28H,2,9-12,14H2,1H3. The maximum Gasteiger partial charge on any atom is 0.309 e. The van der Waals surface area contributed by atoms with Crippen molar-refractivity contribution in [2.75, 3.05) is 36.6 Å². The van der Waals surface area contributed by atoms with Gasteiger partial charge in [-0.3, -0.25) is 14.4 Å². The number of benzene rings is 2. The second kappa shape index (κ2) is 9.27. The summed E-state index contributed by atoms with van der Waals surface area (Å²) in [6.07, 6.45) is 1.21. The molecule has 0 saturated carbocycles. The number of halogens is 1. The molecule has 5 rings (SSSR count). The molecular formula is C25H27ClN4O4. The minimum Gasteiger partial charge on any atom is -0.466 e. The number of anilines is 2. The number of nitrogens with zero attached hydrogens (tertiary/aromatic N) is 2. The monoisotopic (exact) mass is 482 g/mol. The van der Waals surface area contributed by atoms with Gasteiger partial charge in [-0.05, 0) is 67.8 Å². The number of esters is 1. The number of hydrazine groups is 1. The smallest absolute Gasteiger partial charge is 0.309 e. The van der Waals surface area contributed by atoms with Crippen LogP contribution in [0.2, 0.25) is 5.02 Å². The van der Waals surface area contributed by atoms with E-state index in [4.69, 9.17) is 16.3 Å². The van der Waals surface area contributed by atoms with Crippen molar-refractivity contribution in [2.45, 2.75) is 25.8 Å². The van der Waals surface area contributed by atoms with Crippen LogP contribution in [0.1, 0.15) is 41.7 Å². The van der Waals surface area contributed by atoms with Crippen molar-refractivity contribution in [3.8, 4) is 0 Å². The summed E-state index contributed by atoms with van der Waals surface area (Å²) in [4.78, 5) is 40.1. The number of piperidine rings is 1. The Kier molecular flexibility index (Phi) is 6.18. The van der Waals surface area contributed by atoms with Crippen molar-refractivity contribution in [2.24, 2.45) is 11.8 Å². The Hall–Kier alpha value is -3.10. The summed E-state index contributed by atoms with van der Waals surface area (Å²) in [6, 6.07) is 12.5. The molecule has 34 heavy (non-hydrogen) atoms. The van der Waals surface area contributed by atoms with E-state index in [0.29, 0.717) is 49.7 Å². The molecule has 2 aromatic rings. The fourth-order valence-electron chi connectivity index (χ4n) is 4.98. The van der Waals surface area contributed by atoms with Gasteiger partial charge >= 0.3 is 5.97 Å². The molecule has 0 radical (unpaired) electrons. The largest absolute Gasteiger partial charge is 0.466 e. The Morgan fingerprint density at radius 1 is 1.12 bits per heavy atom. The maximum atomic E-state index is 13.2. The first-order valence-electron chi connectivity index (χ1n) is 11.7. The highest BCUT2D eigenvalue weighted by molar-refractivity contribution is 6.30. The lowest BCUT2D eigenvalue weighted by Gasteiger charge is -2.32. The van der Waals surface area contributed by atoms with Gasteiger partial charge in [-0.2, -0.15) is 0 Å². The van der Waals surface area contributed by atoms with E-state index in [2.05, 4.69) is 10.7 Å². The molecule has 2 N–H and O–H groups in total. The number of carbonyl (C=O) groups excluding carboxylic acids is 3. The van der Waals surface area contributed by atoms with Crippen LogP contribution in [-0.4, -0.2) is 48.9 Å². The van der Waals surface area contributed by atoms with E-state index in [-0.39, 0.29) is 35.7 Å². The quantitative estimate of drug-likeness (QED) is 0.649. The van der Waals surface area contributed by atoms with E-state index in [1.54, 1.807) is 41.1 Å². The highest BCUT2D eigenvalue weighted by atomic mass is 35.5. The number of hydrogen-bond donors (Lipinski definition) is 2. The lowest BCUT2D eigenvalue weighted by atomic mass is 9.88. The Labute approximate surface area is 203 Å². The van der Waals surface area contributed by atoms with Gasteiger partial charge in [-0.1, -0.05) is 11.6 Å². The number of likely N-dealkylation sites (tertiary alicyclic amines) is 1. The molecule has 2 saturated heterocycles. The molecule has 8 nitrogen and oxygen atoms in total. The average Bonchev–Trinajstić information content (AvgIpc) is 3.21. The third kappa shape index (κ3) is 4.12. The third-order valence-electron chi connectivity index (χ3n) is 6.84. The Morgan fingerprint density at radius 2 is 1.85 bits per heavy atom. The number of amides is 2. The second-order valence-corrected chi connectivity index (χ2v) is 9.30. The molecule has 0 spiro atoms. The number of fused-ring (bicyclic) bond motifs is 3. The van der Waals surface area contributed by atoms with E-state index in [1.165, 1.54) is 0 Å². The SMILES string of the molecule is CCOC(=O)C1CCN(C(=O)c2ccc3c(c2)C2NN(c4ccc(Cl)cc4)C(=O)C2CN3)CC1. The summed E-state index contributed by atoms with van der Waals surface area (Å²) in [5.41, 5.74) is 6.45. The van der Waals surface area contributed by atoms with Gasteiger partial charge in [0, 0.05) is 35.9 Å². The number of carbonyl (C=O) groups is 3. The van der Waals surface area contributed by atoms with E-state index >= 15 is 0 Å². The maximum absolute atomic E-state index is 13.2. The van der Waals surface area contributed by atoms with Crippen molar-refractivity contribution >= 4 is 40.8 Å². The lowest BCUT2D eigenvalue weighted by molar-refractivity contribution is -0.149. The van der Waals surface area contributed by atoms with Crippen LogP contribution in [0.4, 0.5) is 11.4 Å². The normalized spacial score (nSPS) is 22.1. The van der Waals surface area contributed by atoms with Crippen molar-refractivity contribution in [1.29, 1.82) is 0 Å². The van der Waals surface area contributed by atoms with Gasteiger partial charge < -0.3 is 15.0 Å². The van der Waals surface area contributed by atoms with E-state index < -0.39 is 0 Å². The Bertz CT molecular complexity index is 1110. The Morgan fingerprint density at radius 3 is 2.56 bits per heavy atom. The third-order valence-corrected chi connectivity index (χ3v) is 7.09. The van der Waals surface area contributed by atoms with E-state index in [1.807, 2.05) is 18.2 Å². The molecule has 9 heteroatoms. The van der Waals surface area contributed by atoms with Gasteiger partial charge in [0.05, 0.1) is 30.2 Å². The molecule has 0 aliphatic carbocycles. The molecule has 2 amide bonds. The predicted octanol–water partition coefficient (Wildman–Crippen LogP) is 3.39. The molecular weight excluding hydrogens is 456 g/mol. The van der Waals surface area contributed by atoms with E-state index in [0.717, 1.165) is 16.9 Å². The van der Waals surface area contributed by atoms with Crippen LogP contribution < -0.4 is 15.8 Å². The van der Waals surface area contributed by atoms with Gasteiger partial charge in [-0.25, -0.2) is 10.4 Å². The molecule has 0 bridgehead atoms. The van der Waals surface area contributed by atoms with Gasteiger partial charge in [-0.15, -0.1) is 0 Å². The van der Waals surface area contributed by atoms with Gasteiger partial charge in [0.15, 0.2) is 0 Å². The molecule has 0 aromatic heterocycles. The molecule has 2 fully saturated rings. The van der Waals surface area contributed by atoms with Crippen molar-refractivity contribution < 1.29 is 19.1 Å². The number of rotatable bonds is 4. The van der Waals surface area contributed by atoms with Crippen LogP contribution in [0.3, 0.4) is 0 Å². The highest BCUT2D eigenvalue weighted by Crippen LogP contribution is 2.40. The summed E-state index contributed by atoms with van der Waals surface area (Å²) in [5, 5.41) is 5.51. The average molecular weight is 483 g/mol. The molecule has 2 unspecified atom stereocenters. The minimum atomic E-state index is -0.283. The Balaban J connectivity index is 1.33. The first-order valence-corrected chi connectivity index (χ1v) is 12.0. The molecule has 3 aliphatic rings. The summed E-state index contributed by atoms with van der Waals surface area (Å²) in [6.45, 7) is 3.72. The fourth-order valence-corrected chi connectivity index (χ4v) is 5.11. The lowest BCUT2D eigenvalue weighted by Crippen LogP contribution is -2.41. The van der Waals surface area contributed by atoms with Crippen LogP contribution in [0.25, 0.3) is 0 Å². The van der Waals surface area contributed by atoms with Crippen molar-refractivity contribution in [3.63, 3.8) is 0 Å². The number of hydrogen-bond acceptors (Lipinski definition) is 6. The fraction of sp³-hybridized carbons (Fsp3) is 0.400. The van der Waals surface area contributed by atoms with Crippen LogP contribution in [-0.2, 0) is 14.3 Å². The summed E-state index contributed by atoms with van der Waals surface area (Å²) in [7, 11) is 0. The zero-order chi connectivity index (χ0) is 23.8.